The third-order valence-electron chi connectivity index (χ3n) is 7.76. The largest absolute Gasteiger partial charge is 0.479 e. The number of carboxylic acid groups (broad SMARTS) is 1. The number of pyridine rings is 1. The molecule has 0 saturated carbocycles. The molecule has 226 valence electrons. The summed E-state index contributed by atoms with van der Waals surface area (Å²) in [5.74, 6) is 0.571. The number of hydrogen-bond donors (Lipinski definition) is 1. The van der Waals surface area contributed by atoms with E-state index in [4.69, 9.17) is 14.5 Å². The van der Waals surface area contributed by atoms with Crippen LogP contribution in [0.25, 0.3) is 10.6 Å². The van der Waals surface area contributed by atoms with Gasteiger partial charge in [-0.25, -0.2) is 14.8 Å². The third-order valence-corrected chi connectivity index (χ3v) is 8.93. The van der Waals surface area contributed by atoms with Crippen LogP contribution in [0.2, 0.25) is 0 Å². The number of rotatable bonds is 12. The van der Waals surface area contributed by atoms with Crippen LogP contribution in [0, 0.1) is 31.1 Å². The maximum Gasteiger partial charge on any atom is 0.337 e. The molecule has 3 unspecified atom stereocenters. The van der Waals surface area contributed by atoms with Crippen LogP contribution < -0.4 is 4.74 Å². The monoisotopic (exact) mass is 575 g/mol. The number of likely N-dealkylation sites (tertiary alicyclic amines) is 1. The fraction of sp³-hybridized carbons (Fsp3) is 0.719. The van der Waals surface area contributed by atoms with Crippen molar-refractivity contribution < 1.29 is 19.4 Å². The molecule has 1 aliphatic heterocycles. The number of ether oxygens (including phenoxy) is 2. The first-order valence-corrected chi connectivity index (χ1v) is 15.9. The number of thiazole rings is 1. The summed E-state index contributed by atoms with van der Waals surface area (Å²) in [5, 5.41) is 11.2. The average Bonchev–Trinajstić information content (AvgIpc) is 3.28. The summed E-state index contributed by atoms with van der Waals surface area (Å²) < 4.78 is 12.2. The summed E-state index contributed by atoms with van der Waals surface area (Å²) in [4.78, 5) is 25.4. The highest BCUT2D eigenvalue weighted by molar-refractivity contribution is 7.15. The Bertz CT molecular complexity index is 1080. The molecule has 0 bridgehead atoms. The van der Waals surface area contributed by atoms with Crippen LogP contribution in [0.3, 0.4) is 0 Å². The van der Waals surface area contributed by atoms with E-state index < -0.39 is 11.6 Å². The van der Waals surface area contributed by atoms with E-state index in [1.54, 1.807) is 11.3 Å². The van der Waals surface area contributed by atoms with Crippen molar-refractivity contribution in [3.8, 4) is 16.5 Å². The lowest BCUT2D eigenvalue weighted by Gasteiger charge is -2.47. The van der Waals surface area contributed by atoms with Crippen molar-refractivity contribution in [3.63, 3.8) is 0 Å². The molecule has 1 aliphatic rings. The number of nitrogens with zero attached hydrogens (tertiary/aromatic N) is 3. The van der Waals surface area contributed by atoms with Gasteiger partial charge in [0.1, 0.15) is 5.01 Å². The summed E-state index contributed by atoms with van der Waals surface area (Å²) in [7, 11) is 0. The molecule has 7 nitrogen and oxygen atoms in total. The van der Waals surface area contributed by atoms with Crippen molar-refractivity contribution in [2.24, 2.45) is 17.3 Å². The van der Waals surface area contributed by atoms with Gasteiger partial charge in [0.15, 0.2) is 5.60 Å². The van der Waals surface area contributed by atoms with E-state index in [0.717, 1.165) is 52.5 Å². The zero-order valence-corrected chi connectivity index (χ0v) is 27.4. The van der Waals surface area contributed by atoms with Gasteiger partial charge in [0.2, 0.25) is 5.88 Å². The van der Waals surface area contributed by atoms with Crippen molar-refractivity contribution in [3.05, 3.63) is 28.4 Å². The van der Waals surface area contributed by atoms with Crippen molar-refractivity contribution >= 4 is 17.3 Å². The van der Waals surface area contributed by atoms with E-state index in [-0.39, 0.29) is 11.3 Å². The second-order valence-corrected chi connectivity index (χ2v) is 13.2. The van der Waals surface area contributed by atoms with Gasteiger partial charge in [-0.1, -0.05) is 61.8 Å². The van der Waals surface area contributed by atoms with E-state index in [1.807, 2.05) is 40.8 Å². The summed E-state index contributed by atoms with van der Waals surface area (Å²) in [5.41, 5.74) is 1.73. The zero-order valence-electron chi connectivity index (χ0n) is 26.6. The fourth-order valence-electron chi connectivity index (χ4n) is 4.86. The van der Waals surface area contributed by atoms with Crippen LogP contribution in [0.4, 0.5) is 0 Å². The number of aryl methyl sites for hydroxylation is 2. The van der Waals surface area contributed by atoms with Gasteiger partial charge < -0.3 is 14.6 Å². The van der Waals surface area contributed by atoms with Crippen LogP contribution in [0.5, 0.6) is 5.88 Å². The molecule has 3 heterocycles. The van der Waals surface area contributed by atoms with E-state index in [2.05, 4.69) is 50.6 Å². The fourth-order valence-corrected chi connectivity index (χ4v) is 5.98. The van der Waals surface area contributed by atoms with Crippen LogP contribution in [-0.4, -0.2) is 57.8 Å². The normalized spacial score (nSPS) is 20.5. The molecule has 40 heavy (non-hydrogen) atoms. The quantitative estimate of drug-likeness (QED) is 0.277. The van der Waals surface area contributed by atoms with Gasteiger partial charge in [-0.15, -0.1) is 11.3 Å². The van der Waals surface area contributed by atoms with Crippen LogP contribution in [0.15, 0.2) is 12.3 Å². The van der Waals surface area contributed by atoms with Crippen LogP contribution in [0.1, 0.15) is 97.2 Å². The van der Waals surface area contributed by atoms with Crippen molar-refractivity contribution in [2.45, 2.75) is 107 Å². The molecule has 1 saturated heterocycles. The molecule has 8 heteroatoms. The lowest BCUT2D eigenvalue weighted by molar-refractivity contribution is -0.181. The topological polar surface area (TPSA) is 84.8 Å². The minimum Gasteiger partial charge on any atom is -0.479 e. The molecule has 1 fully saturated rings. The van der Waals surface area contributed by atoms with Crippen molar-refractivity contribution in [1.29, 1.82) is 0 Å². The Labute approximate surface area is 246 Å². The molecule has 3 atom stereocenters. The summed E-state index contributed by atoms with van der Waals surface area (Å²) in [6.07, 6.45) is 5.28. The van der Waals surface area contributed by atoms with E-state index in [0.29, 0.717) is 44.5 Å². The number of hydrogen-bond acceptors (Lipinski definition) is 7. The Balaban J connectivity index is 0.00000274. The van der Waals surface area contributed by atoms with E-state index >= 15 is 0 Å². The molecule has 0 radical (unpaired) electrons. The molecule has 3 rings (SSSR count). The Morgan fingerprint density at radius 2 is 1.95 bits per heavy atom. The Kier molecular flexibility index (Phi) is 13.0. The maximum absolute atomic E-state index is 12.5. The van der Waals surface area contributed by atoms with Gasteiger partial charge in [-0.2, -0.15) is 0 Å². The van der Waals surface area contributed by atoms with Crippen molar-refractivity contribution in [2.75, 3.05) is 26.3 Å². The molecular formula is C32H53N3O4S. The van der Waals surface area contributed by atoms with Crippen LogP contribution >= 0.6 is 11.3 Å². The second kappa shape index (κ2) is 15.3. The highest BCUT2D eigenvalue weighted by atomic mass is 32.1. The molecule has 2 aromatic heterocycles. The average molecular weight is 576 g/mol. The Hall–Kier alpha value is -2.03. The molecule has 0 amide bonds. The van der Waals surface area contributed by atoms with Crippen LogP contribution in [-0.2, 0) is 16.1 Å². The molecule has 0 aromatic carbocycles. The van der Waals surface area contributed by atoms with Gasteiger partial charge >= 0.3 is 5.97 Å². The summed E-state index contributed by atoms with van der Waals surface area (Å²) in [6.45, 7) is 24.0. The molecule has 0 aliphatic carbocycles. The number of piperidine rings is 1. The number of aliphatic carboxylic acids is 1. The highest BCUT2D eigenvalue weighted by Crippen LogP contribution is 2.41. The Morgan fingerprint density at radius 1 is 1.25 bits per heavy atom. The van der Waals surface area contributed by atoms with Gasteiger partial charge in [0.05, 0.1) is 17.9 Å². The predicted molar refractivity (Wildman–Crippen MR) is 165 cm³/mol. The van der Waals surface area contributed by atoms with Gasteiger partial charge in [-0.3, -0.25) is 4.90 Å². The zero-order chi connectivity index (χ0) is 30.1. The Morgan fingerprint density at radius 3 is 2.55 bits per heavy atom. The molecule has 1 N–H and O–H groups in total. The maximum atomic E-state index is 12.5. The van der Waals surface area contributed by atoms with E-state index in [9.17, 15) is 9.90 Å². The lowest BCUT2D eigenvalue weighted by Crippen LogP contribution is -2.59. The SMILES string of the molecule is CC.CCCOC1(C(=O)O)CC(C(C)(C)C)CN(Cc2sc(-c3cc(C)cnc3OCCC(C)CC)nc2C)C1. The third kappa shape index (κ3) is 8.98. The molecule has 0 spiro atoms. The first-order valence-electron chi connectivity index (χ1n) is 15.0. The van der Waals surface area contributed by atoms with E-state index in [1.165, 1.54) is 0 Å². The second-order valence-electron chi connectivity index (χ2n) is 12.1. The number of carboxylic acids is 1. The van der Waals surface area contributed by atoms with Gasteiger partial charge in [0, 0.05) is 37.3 Å². The molecular weight excluding hydrogens is 522 g/mol. The summed E-state index contributed by atoms with van der Waals surface area (Å²) >= 11 is 1.65. The van der Waals surface area contributed by atoms with Crippen molar-refractivity contribution in [1.82, 2.24) is 14.9 Å². The first kappa shape index (κ1) is 34.2. The number of carbonyl (C=O) groups is 1. The molecule has 2 aromatic rings. The number of aromatic nitrogens is 2. The van der Waals surface area contributed by atoms with Gasteiger partial charge in [0.25, 0.3) is 0 Å². The highest BCUT2D eigenvalue weighted by Gasteiger charge is 2.49. The van der Waals surface area contributed by atoms with Gasteiger partial charge in [-0.05, 0) is 62.0 Å². The minimum absolute atomic E-state index is 0.0302. The minimum atomic E-state index is -1.19. The standard InChI is InChI=1S/C30H47N3O4S.C2H6/c1-9-12-37-30(28(34)35)15-23(29(6,7)8)17-33(19-30)18-25-22(5)32-27(38-25)24-14-21(4)16-31-26(24)36-13-11-20(3)10-2;1-2/h14,16,20,23H,9-13,15,17-19H2,1-8H3,(H,34,35);1-2H3. The lowest BCUT2D eigenvalue weighted by atomic mass is 9.71. The smallest absolute Gasteiger partial charge is 0.337 e. The summed E-state index contributed by atoms with van der Waals surface area (Å²) in [6, 6.07) is 2.10. The first-order chi connectivity index (χ1) is 18.9. The predicted octanol–water partition coefficient (Wildman–Crippen LogP) is 7.78.